The number of hydrogen-bond donors (Lipinski definition) is 0. The molecule has 2 unspecified atom stereocenters. The van der Waals surface area contributed by atoms with Gasteiger partial charge in [-0.25, -0.2) is 8.78 Å². The van der Waals surface area contributed by atoms with E-state index in [1.807, 2.05) is 64.2 Å². The van der Waals surface area contributed by atoms with Crippen LogP contribution in [0.1, 0.15) is 36.9 Å². The second kappa shape index (κ2) is 7.12. The van der Waals surface area contributed by atoms with E-state index in [9.17, 15) is 13.6 Å². The topological polar surface area (TPSA) is 38.1 Å². The molecule has 2 aromatic carbocycles. The zero-order valence-corrected chi connectivity index (χ0v) is 17.5. The van der Waals surface area contributed by atoms with Gasteiger partial charge in [-0.2, -0.15) is 0 Å². The summed E-state index contributed by atoms with van der Waals surface area (Å²) in [6.45, 7) is 0.515. The SMILES string of the molecule is O=c1c2c(N3CCC(F)(F)CC3)cccc2ccn1C1CC1c1ccc2ccccc2n1. The lowest BCUT2D eigenvalue weighted by molar-refractivity contribution is -0.0220. The van der Waals surface area contributed by atoms with Gasteiger partial charge in [-0.1, -0.05) is 36.4 Å². The lowest BCUT2D eigenvalue weighted by atomic mass is 10.0. The maximum atomic E-state index is 13.7. The van der Waals surface area contributed by atoms with Crippen LogP contribution in [0.15, 0.2) is 71.7 Å². The lowest BCUT2D eigenvalue weighted by Gasteiger charge is -2.34. The maximum Gasteiger partial charge on any atom is 0.260 e. The van der Waals surface area contributed by atoms with Crippen LogP contribution < -0.4 is 10.5 Å². The van der Waals surface area contributed by atoms with Crippen LogP contribution in [0, 0.1) is 0 Å². The van der Waals surface area contributed by atoms with Crippen LogP contribution in [0.3, 0.4) is 0 Å². The zero-order chi connectivity index (χ0) is 21.9. The van der Waals surface area contributed by atoms with Crippen molar-refractivity contribution in [1.29, 1.82) is 0 Å². The third-order valence-electron chi connectivity index (χ3n) is 6.89. The molecule has 0 N–H and O–H groups in total. The number of benzene rings is 2. The smallest absolute Gasteiger partial charge is 0.260 e. The fourth-order valence-electron chi connectivity index (χ4n) is 4.98. The summed E-state index contributed by atoms with van der Waals surface area (Å²) in [6, 6.07) is 19.9. The van der Waals surface area contributed by atoms with E-state index in [4.69, 9.17) is 4.98 Å². The van der Waals surface area contributed by atoms with Gasteiger partial charge < -0.3 is 9.47 Å². The van der Waals surface area contributed by atoms with Gasteiger partial charge >= 0.3 is 0 Å². The molecule has 4 nitrogen and oxygen atoms in total. The van der Waals surface area contributed by atoms with Gasteiger partial charge in [-0.05, 0) is 36.1 Å². The van der Waals surface area contributed by atoms with Gasteiger partial charge in [0.2, 0.25) is 0 Å². The molecule has 2 aromatic heterocycles. The van der Waals surface area contributed by atoms with Crippen LogP contribution in [0.5, 0.6) is 0 Å². The summed E-state index contributed by atoms with van der Waals surface area (Å²) in [5, 5.41) is 2.58. The Kier molecular flexibility index (Phi) is 4.32. The Morgan fingerprint density at radius 2 is 1.69 bits per heavy atom. The number of hydrogen-bond acceptors (Lipinski definition) is 3. The largest absolute Gasteiger partial charge is 0.370 e. The number of fused-ring (bicyclic) bond motifs is 2. The molecule has 3 heterocycles. The first kappa shape index (κ1) is 19.4. The maximum absolute atomic E-state index is 13.7. The summed E-state index contributed by atoms with van der Waals surface area (Å²) < 4.78 is 29.1. The average Bonchev–Trinajstić information content (AvgIpc) is 3.59. The molecule has 4 aromatic rings. The van der Waals surface area contributed by atoms with Crippen molar-refractivity contribution in [1.82, 2.24) is 9.55 Å². The number of pyridine rings is 2. The predicted octanol–water partition coefficient (Wildman–Crippen LogP) is 5.51. The molecule has 0 radical (unpaired) electrons. The summed E-state index contributed by atoms with van der Waals surface area (Å²) in [4.78, 5) is 20.3. The molecule has 162 valence electrons. The van der Waals surface area contributed by atoms with Gasteiger partial charge in [0.15, 0.2) is 0 Å². The highest BCUT2D eigenvalue weighted by atomic mass is 19.3. The molecule has 1 saturated heterocycles. The summed E-state index contributed by atoms with van der Waals surface area (Å²) in [7, 11) is 0. The van der Waals surface area contributed by atoms with Gasteiger partial charge in [0, 0.05) is 55.2 Å². The number of aromatic nitrogens is 2. The summed E-state index contributed by atoms with van der Waals surface area (Å²) in [5.41, 5.74) is 2.68. The van der Waals surface area contributed by atoms with Gasteiger partial charge in [-0.15, -0.1) is 0 Å². The Labute approximate surface area is 184 Å². The van der Waals surface area contributed by atoms with Crippen LogP contribution in [0.2, 0.25) is 0 Å². The highest BCUT2D eigenvalue weighted by Crippen LogP contribution is 2.50. The second-order valence-electron chi connectivity index (χ2n) is 8.95. The van der Waals surface area contributed by atoms with Gasteiger partial charge in [0.05, 0.1) is 16.6 Å². The third kappa shape index (κ3) is 3.25. The second-order valence-corrected chi connectivity index (χ2v) is 8.95. The summed E-state index contributed by atoms with van der Waals surface area (Å²) >= 11 is 0. The molecule has 1 aliphatic carbocycles. The number of para-hydroxylation sites is 1. The standard InChI is InChI=1S/C26H23F2N3O/c27-26(28)11-14-30(15-12-26)22-7-3-5-18-10-13-31(25(32)24(18)22)23-16-19(23)21-9-8-17-4-1-2-6-20(17)29-21/h1-10,13,19,23H,11-12,14-16H2. The van der Waals surface area contributed by atoms with Gasteiger partial charge in [0.1, 0.15) is 0 Å². The Morgan fingerprint density at radius 1 is 0.906 bits per heavy atom. The normalized spacial score (nSPS) is 22.4. The van der Waals surface area contributed by atoms with Crippen LogP contribution in [-0.4, -0.2) is 28.6 Å². The molecule has 32 heavy (non-hydrogen) atoms. The summed E-state index contributed by atoms with van der Waals surface area (Å²) in [6.07, 6.45) is 2.38. The molecule has 2 atom stereocenters. The van der Waals surface area contributed by atoms with E-state index in [2.05, 4.69) is 12.1 Å². The molecule has 0 spiro atoms. The highest BCUT2D eigenvalue weighted by Gasteiger charge is 2.42. The molecule has 2 fully saturated rings. The first-order valence-electron chi connectivity index (χ1n) is 11.1. The monoisotopic (exact) mass is 431 g/mol. The number of piperidine rings is 1. The molecular formula is C26H23F2N3O. The molecule has 0 bridgehead atoms. The van der Waals surface area contributed by atoms with Crippen molar-refractivity contribution < 1.29 is 8.78 Å². The number of rotatable bonds is 3. The zero-order valence-electron chi connectivity index (χ0n) is 17.5. The van der Waals surface area contributed by atoms with E-state index >= 15 is 0 Å². The Hall–Kier alpha value is -3.28. The van der Waals surface area contributed by atoms with Crippen LogP contribution in [0.4, 0.5) is 14.5 Å². The number of anilines is 1. The van der Waals surface area contributed by atoms with Crippen molar-refractivity contribution in [3.8, 4) is 0 Å². The number of alkyl halides is 2. The van der Waals surface area contributed by atoms with Crippen LogP contribution in [-0.2, 0) is 0 Å². The van der Waals surface area contributed by atoms with E-state index in [-0.39, 0.29) is 43.5 Å². The quantitative estimate of drug-likeness (QED) is 0.429. The van der Waals surface area contributed by atoms with Crippen LogP contribution >= 0.6 is 0 Å². The summed E-state index contributed by atoms with van der Waals surface area (Å²) in [5.74, 6) is -2.41. The van der Waals surface area contributed by atoms with E-state index in [0.717, 1.165) is 34.1 Å². The number of halogens is 2. The average molecular weight is 431 g/mol. The molecule has 0 amide bonds. The number of nitrogens with zero attached hydrogens (tertiary/aromatic N) is 3. The molecule has 2 aliphatic rings. The molecule has 6 heteroatoms. The van der Waals surface area contributed by atoms with Crippen molar-refractivity contribution in [3.05, 3.63) is 82.9 Å². The fraction of sp³-hybridized carbons (Fsp3) is 0.308. The predicted molar refractivity (Wildman–Crippen MR) is 123 cm³/mol. The molecule has 1 aliphatic heterocycles. The van der Waals surface area contributed by atoms with Crippen LogP contribution in [0.25, 0.3) is 21.7 Å². The Morgan fingerprint density at radius 3 is 2.53 bits per heavy atom. The Balaban J connectivity index is 1.35. The van der Waals surface area contributed by atoms with Crippen molar-refractivity contribution >= 4 is 27.4 Å². The van der Waals surface area contributed by atoms with E-state index < -0.39 is 5.92 Å². The minimum absolute atomic E-state index is 0.0521. The van der Waals surface area contributed by atoms with Crippen molar-refractivity contribution in [2.24, 2.45) is 0 Å². The van der Waals surface area contributed by atoms with Gasteiger partial charge in [0.25, 0.3) is 11.5 Å². The van der Waals surface area contributed by atoms with E-state index in [1.165, 1.54) is 0 Å². The molecule has 1 saturated carbocycles. The molecule has 6 rings (SSSR count). The lowest BCUT2D eigenvalue weighted by Crippen LogP contribution is -2.40. The minimum Gasteiger partial charge on any atom is -0.370 e. The van der Waals surface area contributed by atoms with E-state index in [0.29, 0.717) is 5.39 Å². The highest BCUT2D eigenvalue weighted by molar-refractivity contribution is 5.93. The van der Waals surface area contributed by atoms with Crippen molar-refractivity contribution in [2.45, 2.75) is 37.1 Å². The molecular weight excluding hydrogens is 408 g/mol. The van der Waals surface area contributed by atoms with Gasteiger partial charge in [-0.3, -0.25) is 9.78 Å². The van der Waals surface area contributed by atoms with Crippen molar-refractivity contribution in [3.63, 3.8) is 0 Å². The first-order valence-corrected chi connectivity index (χ1v) is 11.1. The van der Waals surface area contributed by atoms with E-state index in [1.54, 1.807) is 0 Å². The first-order chi connectivity index (χ1) is 15.5. The third-order valence-corrected chi connectivity index (χ3v) is 6.89. The van der Waals surface area contributed by atoms with Crippen molar-refractivity contribution in [2.75, 3.05) is 18.0 Å². The minimum atomic E-state index is -2.62. The Bertz CT molecular complexity index is 1390. The fourth-order valence-corrected chi connectivity index (χ4v) is 4.98.